The minimum atomic E-state index is -0.716. The van der Waals surface area contributed by atoms with Gasteiger partial charge in [-0.1, -0.05) is 47.5 Å². The van der Waals surface area contributed by atoms with Gasteiger partial charge < -0.3 is 0 Å². The summed E-state index contributed by atoms with van der Waals surface area (Å²) in [6, 6.07) is 9.86. The first-order valence-corrected chi connectivity index (χ1v) is 11.1. The molecule has 3 amide bonds. The number of amides is 3. The molecule has 8 nitrogen and oxygen atoms in total. The van der Waals surface area contributed by atoms with Crippen LogP contribution in [0.1, 0.15) is 22.3 Å². The Morgan fingerprint density at radius 3 is 2.33 bits per heavy atom. The number of non-ortho nitro benzene ring substituents is 1. The number of carbonyl (C=O) groups excluding carboxylic acids is 3. The van der Waals surface area contributed by atoms with E-state index in [1.54, 1.807) is 12.1 Å². The van der Waals surface area contributed by atoms with Crippen LogP contribution in [0.2, 0.25) is 10.0 Å². The maximum atomic E-state index is 13.6. The molecule has 10 heteroatoms. The van der Waals surface area contributed by atoms with Gasteiger partial charge in [0.2, 0.25) is 0 Å². The van der Waals surface area contributed by atoms with E-state index in [1.165, 1.54) is 24.3 Å². The predicted molar refractivity (Wildman–Crippen MR) is 119 cm³/mol. The molecular formula is C23H17Cl2N3O5. The number of hydrogen-bond donors (Lipinski definition) is 0. The molecule has 2 bridgehead atoms. The second-order valence-corrected chi connectivity index (χ2v) is 9.24. The molecule has 4 atom stereocenters. The van der Waals surface area contributed by atoms with Crippen LogP contribution in [0.25, 0.3) is 0 Å². The maximum absolute atomic E-state index is 13.6. The molecule has 1 heterocycles. The van der Waals surface area contributed by atoms with Gasteiger partial charge in [0, 0.05) is 27.7 Å². The largest absolute Gasteiger partial charge is 0.273 e. The van der Waals surface area contributed by atoms with Crippen LogP contribution in [-0.2, 0) is 16.1 Å². The molecule has 1 aliphatic heterocycles. The zero-order valence-electron chi connectivity index (χ0n) is 17.1. The molecule has 0 radical (unpaired) electrons. The van der Waals surface area contributed by atoms with E-state index in [0.29, 0.717) is 10.6 Å². The summed E-state index contributed by atoms with van der Waals surface area (Å²) in [6.07, 6.45) is 4.68. The fourth-order valence-corrected chi connectivity index (χ4v) is 5.54. The van der Waals surface area contributed by atoms with Gasteiger partial charge in [0.05, 0.1) is 23.3 Å². The molecule has 0 unspecified atom stereocenters. The number of rotatable bonds is 5. The highest BCUT2D eigenvalue weighted by atomic mass is 35.5. The summed E-state index contributed by atoms with van der Waals surface area (Å²) in [5.74, 6) is -2.67. The quantitative estimate of drug-likeness (QED) is 0.272. The first-order valence-electron chi connectivity index (χ1n) is 10.3. The van der Waals surface area contributed by atoms with E-state index in [2.05, 4.69) is 0 Å². The first-order chi connectivity index (χ1) is 15.8. The van der Waals surface area contributed by atoms with Crippen molar-refractivity contribution in [1.82, 2.24) is 10.0 Å². The van der Waals surface area contributed by atoms with Crippen molar-refractivity contribution < 1.29 is 19.3 Å². The SMILES string of the molecule is O=C(c1cccc([N+](=O)[O-])c1)N(Cc1ccc(Cl)cc1Cl)N1C(=O)[C@@H]2[C@H](C1=O)[C@H]1C=C[C@H]2C1. The maximum Gasteiger partial charge on any atom is 0.273 e. The number of hydrazine groups is 1. The van der Waals surface area contributed by atoms with Crippen LogP contribution in [0.4, 0.5) is 5.69 Å². The Balaban J connectivity index is 1.55. The molecule has 2 fully saturated rings. The van der Waals surface area contributed by atoms with Gasteiger partial charge in [0.25, 0.3) is 23.4 Å². The lowest BCUT2D eigenvalue weighted by atomic mass is 9.85. The highest BCUT2D eigenvalue weighted by Crippen LogP contribution is 2.53. The Hall–Kier alpha value is -3.23. The third kappa shape index (κ3) is 3.50. The standard InChI is InChI=1S/C23H17Cl2N3O5/c24-16-7-6-15(18(25)10-16)11-26(21(29)14-2-1-3-17(9-14)28(32)33)27-22(30)19-12-4-5-13(8-12)20(19)23(27)31/h1-7,9-10,12-13,19-20H,8,11H2/t12-,13-,19-,20+/m0/s1. The summed E-state index contributed by atoms with van der Waals surface area (Å²) in [5, 5.41) is 13.8. The van der Waals surface area contributed by atoms with Crippen molar-refractivity contribution in [2.24, 2.45) is 23.7 Å². The third-order valence-corrected chi connectivity index (χ3v) is 7.15. The summed E-state index contributed by atoms with van der Waals surface area (Å²) < 4.78 is 0. The highest BCUT2D eigenvalue weighted by Gasteiger charge is 2.61. The average Bonchev–Trinajstić information content (AvgIpc) is 3.47. The van der Waals surface area contributed by atoms with Crippen molar-refractivity contribution in [1.29, 1.82) is 0 Å². The zero-order valence-corrected chi connectivity index (χ0v) is 18.6. The second-order valence-electron chi connectivity index (χ2n) is 8.39. The first kappa shape index (κ1) is 21.6. The number of nitro groups is 1. The number of imide groups is 1. The molecular weight excluding hydrogens is 469 g/mol. The molecule has 33 heavy (non-hydrogen) atoms. The second kappa shape index (κ2) is 7.97. The number of benzene rings is 2. The van der Waals surface area contributed by atoms with Gasteiger partial charge in [-0.05, 0) is 42.0 Å². The van der Waals surface area contributed by atoms with Crippen LogP contribution in [0.15, 0.2) is 54.6 Å². The highest BCUT2D eigenvalue weighted by molar-refractivity contribution is 6.35. The van der Waals surface area contributed by atoms with Crippen LogP contribution < -0.4 is 0 Å². The molecule has 2 aromatic carbocycles. The van der Waals surface area contributed by atoms with Crippen molar-refractivity contribution >= 4 is 46.6 Å². The lowest BCUT2D eigenvalue weighted by Gasteiger charge is -2.31. The number of nitrogens with zero attached hydrogens (tertiary/aromatic N) is 3. The molecule has 2 aromatic rings. The number of carbonyl (C=O) groups is 3. The summed E-state index contributed by atoms with van der Waals surface area (Å²) in [6.45, 7) is -0.183. The van der Waals surface area contributed by atoms with E-state index in [9.17, 15) is 24.5 Å². The number of halogens is 2. The van der Waals surface area contributed by atoms with Gasteiger partial charge in [-0.2, -0.15) is 5.01 Å². The van der Waals surface area contributed by atoms with Crippen molar-refractivity contribution in [3.05, 3.63) is 85.9 Å². The lowest BCUT2D eigenvalue weighted by Crippen LogP contribution is -2.50. The normalized spacial score (nSPS) is 25.0. The van der Waals surface area contributed by atoms with Gasteiger partial charge in [-0.15, -0.1) is 0 Å². The molecule has 1 saturated carbocycles. The summed E-state index contributed by atoms with van der Waals surface area (Å²) in [7, 11) is 0. The third-order valence-electron chi connectivity index (χ3n) is 6.56. The van der Waals surface area contributed by atoms with Crippen LogP contribution >= 0.6 is 23.2 Å². The van der Waals surface area contributed by atoms with E-state index in [4.69, 9.17) is 23.2 Å². The zero-order chi connectivity index (χ0) is 23.4. The Morgan fingerprint density at radius 1 is 1.06 bits per heavy atom. The van der Waals surface area contributed by atoms with E-state index >= 15 is 0 Å². The number of allylic oxidation sites excluding steroid dienone is 2. The Kier molecular flexibility index (Phi) is 5.22. The molecule has 0 spiro atoms. The number of fused-ring (bicyclic) bond motifs is 5. The molecule has 5 rings (SSSR count). The predicted octanol–water partition coefficient (Wildman–Crippen LogP) is 4.27. The van der Waals surface area contributed by atoms with E-state index in [0.717, 1.165) is 22.5 Å². The van der Waals surface area contributed by atoms with Gasteiger partial charge >= 0.3 is 0 Å². The Labute approximate surface area is 198 Å². The molecule has 3 aliphatic rings. The van der Waals surface area contributed by atoms with Crippen LogP contribution in [0.3, 0.4) is 0 Å². The van der Waals surface area contributed by atoms with Gasteiger partial charge in [-0.25, -0.2) is 5.01 Å². The van der Waals surface area contributed by atoms with Crippen molar-refractivity contribution in [2.75, 3.05) is 0 Å². The number of nitro benzene ring substituents is 1. The number of hydrogen-bond acceptors (Lipinski definition) is 5. The van der Waals surface area contributed by atoms with E-state index in [-0.39, 0.29) is 34.7 Å². The van der Waals surface area contributed by atoms with E-state index in [1.807, 2.05) is 12.2 Å². The minimum Gasteiger partial charge on any atom is -0.272 e. The topological polar surface area (TPSA) is 101 Å². The fraction of sp³-hybridized carbons (Fsp3) is 0.261. The summed E-state index contributed by atoms with van der Waals surface area (Å²) in [5.41, 5.74) is 0.176. The van der Waals surface area contributed by atoms with Gasteiger partial charge in [0.15, 0.2) is 0 Å². The fourth-order valence-electron chi connectivity index (χ4n) is 5.07. The van der Waals surface area contributed by atoms with E-state index < -0.39 is 34.5 Å². The summed E-state index contributed by atoms with van der Waals surface area (Å²) >= 11 is 12.3. The Morgan fingerprint density at radius 2 is 1.73 bits per heavy atom. The molecule has 0 N–H and O–H groups in total. The summed E-state index contributed by atoms with van der Waals surface area (Å²) in [4.78, 5) is 50.9. The lowest BCUT2D eigenvalue weighted by molar-refractivity contribution is -0.384. The van der Waals surface area contributed by atoms with Gasteiger partial charge in [-0.3, -0.25) is 24.5 Å². The van der Waals surface area contributed by atoms with Crippen molar-refractivity contribution in [3.63, 3.8) is 0 Å². The van der Waals surface area contributed by atoms with Gasteiger partial charge in [0.1, 0.15) is 0 Å². The van der Waals surface area contributed by atoms with Crippen molar-refractivity contribution in [2.45, 2.75) is 13.0 Å². The van der Waals surface area contributed by atoms with Crippen LogP contribution in [-0.4, -0.2) is 32.7 Å². The minimum absolute atomic E-state index is 0.0203. The Bertz CT molecular complexity index is 1220. The average molecular weight is 486 g/mol. The monoisotopic (exact) mass is 485 g/mol. The molecule has 2 aliphatic carbocycles. The molecule has 1 saturated heterocycles. The van der Waals surface area contributed by atoms with Crippen LogP contribution in [0.5, 0.6) is 0 Å². The molecule has 0 aromatic heterocycles. The molecule has 168 valence electrons. The smallest absolute Gasteiger partial charge is 0.272 e. The van der Waals surface area contributed by atoms with Crippen molar-refractivity contribution in [3.8, 4) is 0 Å². The van der Waals surface area contributed by atoms with Crippen LogP contribution in [0, 0.1) is 33.8 Å².